The van der Waals surface area contributed by atoms with Crippen LogP contribution in [0, 0.1) is 11.3 Å². The molecule has 1 aromatic rings. The Hall–Kier alpha value is -3.47. The molecule has 11 nitrogen and oxygen atoms in total. The Morgan fingerprint density at radius 3 is 2.14 bits per heavy atom. The number of amides is 4. The molecule has 4 rings (SSSR count). The van der Waals surface area contributed by atoms with E-state index in [1.807, 2.05) is 46.8 Å². The van der Waals surface area contributed by atoms with Crippen LogP contribution in [0.5, 0.6) is 0 Å². The van der Waals surface area contributed by atoms with E-state index >= 15 is 0 Å². The third-order valence-electron chi connectivity index (χ3n) is 8.40. The second kappa shape index (κ2) is 13.4. The van der Waals surface area contributed by atoms with E-state index in [2.05, 4.69) is 20.9 Å². The van der Waals surface area contributed by atoms with E-state index in [-0.39, 0.29) is 47.3 Å². The van der Waals surface area contributed by atoms with Gasteiger partial charge in [-0.15, -0.1) is 0 Å². The van der Waals surface area contributed by atoms with Crippen LogP contribution in [0.2, 0.25) is 0 Å². The van der Waals surface area contributed by atoms with Gasteiger partial charge < -0.3 is 30.7 Å². The minimum Gasteiger partial charge on any atom is -0.369 e. The van der Waals surface area contributed by atoms with Gasteiger partial charge in [0, 0.05) is 50.9 Å². The molecule has 3 N–H and O–H groups in total. The van der Waals surface area contributed by atoms with Crippen molar-refractivity contribution in [1.82, 2.24) is 25.8 Å². The number of likely N-dealkylation sites (tertiary alicyclic amines) is 2. The fraction of sp³-hybridized carbons (Fsp3) is 0.656. The molecule has 0 aromatic heterocycles. The van der Waals surface area contributed by atoms with Gasteiger partial charge in [-0.25, -0.2) is 0 Å². The minimum absolute atomic E-state index is 0.0984. The number of Topliss-reactive ketones (excluding diaryl/α,β-unsaturated/α-hetero) is 1. The molecule has 3 saturated heterocycles. The zero-order valence-corrected chi connectivity index (χ0v) is 26.4. The third kappa shape index (κ3) is 7.93. The minimum atomic E-state index is -0.801. The summed E-state index contributed by atoms with van der Waals surface area (Å²) in [5.74, 6) is -1.31. The molecular formula is C32H48N6O5. The predicted molar refractivity (Wildman–Crippen MR) is 165 cm³/mol. The third-order valence-corrected chi connectivity index (χ3v) is 8.40. The number of anilines is 1. The molecule has 43 heavy (non-hydrogen) atoms. The smallest absolute Gasteiger partial charge is 0.251 e. The second-order valence-electron chi connectivity index (χ2n) is 13.7. The lowest BCUT2D eigenvalue weighted by Crippen LogP contribution is -2.53. The molecule has 3 fully saturated rings. The van der Waals surface area contributed by atoms with E-state index in [0.717, 1.165) is 31.9 Å². The molecule has 0 saturated carbocycles. The van der Waals surface area contributed by atoms with Crippen molar-refractivity contribution in [3.05, 3.63) is 29.8 Å². The molecule has 3 aliphatic rings. The van der Waals surface area contributed by atoms with Gasteiger partial charge in [-0.2, -0.15) is 0 Å². The molecule has 4 amide bonds. The lowest BCUT2D eigenvalue weighted by Gasteiger charge is -2.31. The Morgan fingerprint density at radius 1 is 0.930 bits per heavy atom. The van der Waals surface area contributed by atoms with Gasteiger partial charge in [0.15, 0.2) is 5.78 Å². The molecule has 3 heterocycles. The van der Waals surface area contributed by atoms with E-state index < -0.39 is 24.2 Å². The van der Waals surface area contributed by atoms with Crippen molar-refractivity contribution in [2.75, 3.05) is 44.2 Å². The maximum Gasteiger partial charge on any atom is 0.251 e. The largest absolute Gasteiger partial charge is 0.369 e. The molecule has 0 bridgehead atoms. The van der Waals surface area contributed by atoms with Gasteiger partial charge in [0.2, 0.25) is 17.7 Å². The van der Waals surface area contributed by atoms with Crippen LogP contribution in [0.25, 0.3) is 0 Å². The van der Waals surface area contributed by atoms with Crippen molar-refractivity contribution in [2.24, 2.45) is 11.3 Å². The molecule has 0 radical (unpaired) electrons. The number of carbonyl (C=O) groups excluding carboxylic acids is 5. The molecule has 3 aliphatic heterocycles. The molecule has 0 spiro atoms. The van der Waals surface area contributed by atoms with Gasteiger partial charge in [0.25, 0.3) is 5.91 Å². The first-order chi connectivity index (χ1) is 20.2. The number of piperazine rings is 1. The summed E-state index contributed by atoms with van der Waals surface area (Å²) in [7, 11) is 0. The zero-order chi connectivity index (χ0) is 31.5. The topological polar surface area (TPSA) is 131 Å². The van der Waals surface area contributed by atoms with E-state index in [9.17, 15) is 24.0 Å². The summed E-state index contributed by atoms with van der Waals surface area (Å²) in [6.45, 7) is 15.2. The number of nitrogens with zero attached hydrogens (tertiary/aromatic N) is 3. The van der Waals surface area contributed by atoms with Gasteiger partial charge in [-0.1, -0.05) is 34.6 Å². The molecule has 1 aromatic carbocycles. The first-order valence-electron chi connectivity index (χ1n) is 15.5. The number of hydrogen-bond donors (Lipinski definition) is 3. The van der Waals surface area contributed by atoms with Crippen LogP contribution < -0.4 is 20.9 Å². The van der Waals surface area contributed by atoms with Crippen LogP contribution in [-0.2, 0) is 19.2 Å². The Morgan fingerprint density at radius 2 is 1.56 bits per heavy atom. The number of fused-ring (bicyclic) bond motifs is 1. The number of carbonyl (C=O) groups is 5. The Balaban J connectivity index is 1.46. The van der Waals surface area contributed by atoms with Gasteiger partial charge in [0.1, 0.15) is 18.1 Å². The van der Waals surface area contributed by atoms with Crippen molar-refractivity contribution in [3.63, 3.8) is 0 Å². The summed E-state index contributed by atoms with van der Waals surface area (Å²) in [4.78, 5) is 71.4. The van der Waals surface area contributed by atoms with Crippen LogP contribution in [0.4, 0.5) is 5.69 Å². The van der Waals surface area contributed by atoms with Crippen molar-refractivity contribution in [3.8, 4) is 0 Å². The Bertz CT molecular complexity index is 1200. The highest BCUT2D eigenvalue weighted by Gasteiger charge is 2.53. The fourth-order valence-corrected chi connectivity index (χ4v) is 6.50. The first-order valence-corrected chi connectivity index (χ1v) is 15.5. The number of rotatable bonds is 9. The highest BCUT2D eigenvalue weighted by atomic mass is 16.2. The normalized spacial score (nSPS) is 21.9. The lowest BCUT2D eigenvalue weighted by molar-refractivity contribution is -0.138. The first kappa shape index (κ1) is 32.4. The summed E-state index contributed by atoms with van der Waals surface area (Å²) >= 11 is 0. The monoisotopic (exact) mass is 596 g/mol. The SMILES string of the molecule is CC(=O)NC(CC(C)(C)C)C(=O)N1CC(=O)C2C1CCN2C(=O)C(CC(C)C)NC(=O)c1ccc(N2CCNCC2)cc1. The van der Waals surface area contributed by atoms with Gasteiger partial charge in [-0.3, -0.25) is 24.0 Å². The summed E-state index contributed by atoms with van der Waals surface area (Å²) in [6, 6.07) is 4.67. The van der Waals surface area contributed by atoms with Crippen LogP contribution in [0.1, 0.15) is 71.2 Å². The maximum atomic E-state index is 13.9. The predicted octanol–water partition coefficient (Wildman–Crippen LogP) is 1.56. The van der Waals surface area contributed by atoms with Crippen molar-refractivity contribution < 1.29 is 24.0 Å². The van der Waals surface area contributed by atoms with E-state index in [1.54, 1.807) is 21.9 Å². The van der Waals surface area contributed by atoms with Gasteiger partial charge in [-0.05, 0) is 54.9 Å². The number of benzene rings is 1. The molecule has 236 valence electrons. The van der Waals surface area contributed by atoms with E-state index in [0.29, 0.717) is 31.4 Å². The number of ketones is 1. The Labute approximate surface area is 255 Å². The van der Waals surface area contributed by atoms with Crippen LogP contribution in [0.3, 0.4) is 0 Å². The van der Waals surface area contributed by atoms with Crippen LogP contribution >= 0.6 is 0 Å². The molecule has 4 unspecified atom stereocenters. The standard InChI is InChI=1S/C32H48N6O5/c1-20(2)17-24(35-29(41)22-7-9-23(10-8-22)36-15-12-33-13-16-36)30(42)37-14-11-26-28(37)27(40)19-38(26)31(43)25(34-21(3)39)18-32(4,5)6/h7-10,20,24-26,28,33H,11-19H2,1-6H3,(H,34,39)(H,35,41). The van der Waals surface area contributed by atoms with E-state index in [1.165, 1.54) is 6.92 Å². The van der Waals surface area contributed by atoms with Crippen LogP contribution in [0.15, 0.2) is 24.3 Å². The maximum absolute atomic E-state index is 13.9. The van der Waals surface area contributed by atoms with E-state index in [4.69, 9.17) is 0 Å². The lowest BCUT2D eigenvalue weighted by atomic mass is 9.87. The fourth-order valence-electron chi connectivity index (χ4n) is 6.50. The average molecular weight is 597 g/mol. The second-order valence-corrected chi connectivity index (χ2v) is 13.7. The highest BCUT2D eigenvalue weighted by Crippen LogP contribution is 2.32. The summed E-state index contributed by atoms with van der Waals surface area (Å²) < 4.78 is 0. The van der Waals surface area contributed by atoms with Gasteiger partial charge in [0.05, 0.1) is 12.6 Å². The van der Waals surface area contributed by atoms with Crippen LogP contribution in [-0.4, -0.2) is 103 Å². The zero-order valence-electron chi connectivity index (χ0n) is 26.4. The van der Waals surface area contributed by atoms with Crippen molar-refractivity contribution >= 4 is 35.1 Å². The number of hydrogen-bond acceptors (Lipinski definition) is 7. The molecule has 4 atom stereocenters. The average Bonchev–Trinajstić information content (AvgIpc) is 3.52. The summed E-state index contributed by atoms with van der Waals surface area (Å²) in [5, 5.41) is 9.04. The number of nitrogens with one attached hydrogen (secondary N) is 3. The summed E-state index contributed by atoms with van der Waals surface area (Å²) in [6.07, 6.45) is 1.31. The van der Waals surface area contributed by atoms with Crippen molar-refractivity contribution in [1.29, 1.82) is 0 Å². The van der Waals surface area contributed by atoms with Crippen molar-refractivity contribution in [2.45, 2.75) is 85.0 Å². The molecule has 0 aliphatic carbocycles. The Kier molecular flexibility index (Phi) is 10.1. The molecule has 11 heteroatoms. The highest BCUT2D eigenvalue weighted by molar-refractivity contribution is 6.01. The molecular weight excluding hydrogens is 548 g/mol. The van der Waals surface area contributed by atoms with Gasteiger partial charge >= 0.3 is 0 Å². The quantitative estimate of drug-likeness (QED) is 0.394. The summed E-state index contributed by atoms with van der Waals surface area (Å²) in [5.41, 5.74) is 1.30.